The van der Waals surface area contributed by atoms with Crippen LogP contribution in [0.15, 0.2) is 17.0 Å². The van der Waals surface area contributed by atoms with Gasteiger partial charge in [-0.3, -0.25) is 0 Å². The molecule has 1 aromatic carbocycles. The monoisotopic (exact) mass is 318 g/mol. The minimum atomic E-state index is -3.87. The zero-order valence-corrected chi connectivity index (χ0v) is 13.2. The van der Waals surface area contributed by atoms with E-state index in [9.17, 15) is 12.8 Å². The lowest BCUT2D eigenvalue weighted by Gasteiger charge is -2.23. The third-order valence-corrected chi connectivity index (χ3v) is 6.50. The third kappa shape index (κ3) is 3.27. The smallest absolute Gasteiger partial charge is 0.243 e. The normalized spacial score (nSPS) is 23.1. The Morgan fingerprint density at radius 2 is 2.20 bits per heavy atom. The lowest BCUT2D eigenvalue weighted by molar-refractivity contribution is 0.539. The van der Waals surface area contributed by atoms with Crippen molar-refractivity contribution >= 4 is 27.5 Å². The Hall–Kier alpha value is -0.790. The van der Waals surface area contributed by atoms with Crippen LogP contribution in [0.1, 0.15) is 25.3 Å². The van der Waals surface area contributed by atoms with Gasteiger partial charge >= 0.3 is 0 Å². The highest BCUT2D eigenvalue weighted by molar-refractivity contribution is 8.01. The quantitative estimate of drug-likeness (QED) is 0.836. The van der Waals surface area contributed by atoms with E-state index in [1.807, 2.05) is 6.92 Å². The molecule has 20 heavy (non-hydrogen) atoms. The SMILES string of the molecule is Cc1cc(F)c(S(=O)(=O)NCC2(C)CCCS2)cc1N. The van der Waals surface area contributed by atoms with Gasteiger partial charge in [-0.2, -0.15) is 11.8 Å². The molecular formula is C13H19FN2O2S2. The summed E-state index contributed by atoms with van der Waals surface area (Å²) in [5.41, 5.74) is 6.47. The minimum Gasteiger partial charge on any atom is -0.398 e. The molecule has 0 spiro atoms. The molecule has 0 radical (unpaired) electrons. The predicted molar refractivity (Wildman–Crippen MR) is 80.8 cm³/mol. The van der Waals surface area contributed by atoms with Gasteiger partial charge in [0.1, 0.15) is 10.7 Å². The molecule has 0 saturated carbocycles. The van der Waals surface area contributed by atoms with Crippen LogP contribution in [0.2, 0.25) is 0 Å². The molecule has 1 heterocycles. The molecule has 1 aliphatic heterocycles. The van der Waals surface area contributed by atoms with E-state index in [1.54, 1.807) is 18.7 Å². The van der Waals surface area contributed by atoms with E-state index in [1.165, 1.54) is 6.07 Å². The lowest BCUT2D eigenvalue weighted by Crippen LogP contribution is -2.37. The molecule has 112 valence electrons. The summed E-state index contributed by atoms with van der Waals surface area (Å²) < 4.78 is 40.6. The van der Waals surface area contributed by atoms with Crippen LogP contribution < -0.4 is 10.5 Å². The standard InChI is InChI=1S/C13H19FN2O2S2/c1-9-6-10(14)12(7-11(9)15)20(17,18)16-8-13(2)4-3-5-19-13/h6-7,16H,3-5,8,15H2,1-2H3. The Balaban J connectivity index is 2.20. The molecule has 1 aliphatic rings. The van der Waals surface area contributed by atoms with Crippen molar-refractivity contribution in [3.05, 3.63) is 23.5 Å². The summed E-state index contributed by atoms with van der Waals surface area (Å²) >= 11 is 1.74. The molecule has 2 rings (SSSR count). The second-order valence-corrected chi connectivity index (χ2v) is 8.78. The molecule has 3 N–H and O–H groups in total. The molecule has 1 unspecified atom stereocenters. The van der Waals surface area contributed by atoms with Gasteiger partial charge in [0.15, 0.2) is 0 Å². The van der Waals surface area contributed by atoms with Crippen molar-refractivity contribution in [1.82, 2.24) is 4.72 Å². The Morgan fingerprint density at radius 1 is 1.50 bits per heavy atom. The van der Waals surface area contributed by atoms with Crippen LogP contribution in [0.3, 0.4) is 0 Å². The molecule has 1 fully saturated rings. The van der Waals surface area contributed by atoms with E-state index >= 15 is 0 Å². The molecule has 1 saturated heterocycles. The minimum absolute atomic E-state index is 0.111. The molecule has 0 aromatic heterocycles. The summed E-state index contributed by atoms with van der Waals surface area (Å²) in [6.07, 6.45) is 2.04. The first-order valence-corrected chi connectivity index (χ1v) is 8.90. The van der Waals surface area contributed by atoms with Crippen LogP contribution in [0.25, 0.3) is 0 Å². The first kappa shape index (κ1) is 15.6. The largest absolute Gasteiger partial charge is 0.398 e. The van der Waals surface area contributed by atoms with E-state index < -0.39 is 15.8 Å². The second-order valence-electron chi connectivity index (χ2n) is 5.37. The van der Waals surface area contributed by atoms with Crippen LogP contribution >= 0.6 is 11.8 Å². The number of rotatable bonds is 4. The number of halogens is 1. The van der Waals surface area contributed by atoms with Crippen LogP contribution in [0.5, 0.6) is 0 Å². The topological polar surface area (TPSA) is 72.2 Å². The van der Waals surface area contributed by atoms with Crippen molar-refractivity contribution in [1.29, 1.82) is 0 Å². The van der Waals surface area contributed by atoms with Gasteiger partial charge in [0.05, 0.1) is 0 Å². The van der Waals surface area contributed by atoms with Crippen molar-refractivity contribution < 1.29 is 12.8 Å². The third-order valence-electron chi connectivity index (χ3n) is 3.55. The van der Waals surface area contributed by atoms with E-state index in [2.05, 4.69) is 4.72 Å². The first-order chi connectivity index (χ1) is 9.23. The summed E-state index contributed by atoms with van der Waals surface area (Å²) in [5.74, 6) is 0.262. The van der Waals surface area contributed by atoms with Gasteiger partial charge in [0.25, 0.3) is 0 Å². The van der Waals surface area contributed by atoms with Crippen molar-refractivity contribution in [2.75, 3.05) is 18.0 Å². The number of anilines is 1. The number of hydrogen-bond donors (Lipinski definition) is 2. The Labute approximate surface area is 123 Å². The van der Waals surface area contributed by atoms with Gasteiger partial charge in [-0.15, -0.1) is 0 Å². The van der Waals surface area contributed by atoms with Crippen LogP contribution in [-0.2, 0) is 10.0 Å². The van der Waals surface area contributed by atoms with Crippen molar-refractivity contribution in [2.24, 2.45) is 0 Å². The van der Waals surface area contributed by atoms with Gasteiger partial charge < -0.3 is 5.73 Å². The molecule has 4 nitrogen and oxygen atoms in total. The summed E-state index contributed by atoms with van der Waals surface area (Å²) in [6.45, 7) is 3.96. The summed E-state index contributed by atoms with van der Waals surface area (Å²) in [4.78, 5) is -0.382. The van der Waals surface area contributed by atoms with Crippen LogP contribution in [0, 0.1) is 12.7 Å². The number of nitrogen functional groups attached to an aromatic ring is 1. The fourth-order valence-electron chi connectivity index (χ4n) is 2.18. The number of hydrogen-bond acceptors (Lipinski definition) is 4. The molecule has 1 aromatic rings. The maximum absolute atomic E-state index is 13.8. The maximum atomic E-state index is 13.8. The second kappa shape index (κ2) is 5.54. The predicted octanol–water partition coefficient (Wildman–Crippen LogP) is 2.28. The first-order valence-electron chi connectivity index (χ1n) is 6.43. The number of sulfonamides is 1. The van der Waals surface area contributed by atoms with Gasteiger partial charge in [-0.25, -0.2) is 17.5 Å². The van der Waals surface area contributed by atoms with E-state index in [0.717, 1.165) is 24.7 Å². The fourth-order valence-corrected chi connectivity index (χ4v) is 4.77. The zero-order valence-electron chi connectivity index (χ0n) is 11.6. The van der Waals surface area contributed by atoms with Crippen LogP contribution in [-0.4, -0.2) is 25.5 Å². The Morgan fingerprint density at radius 3 is 2.80 bits per heavy atom. The maximum Gasteiger partial charge on any atom is 0.243 e. The lowest BCUT2D eigenvalue weighted by atomic mass is 10.1. The van der Waals surface area contributed by atoms with Gasteiger partial charge in [0.2, 0.25) is 10.0 Å². The van der Waals surface area contributed by atoms with Gasteiger partial charge in [-0.05, 0) is 50.1 Å². The number of thioether (sulfide) groups is 1. The molecule has 7 heteroatoms. The average molecular weight is 318 g/mol. The highest BCUT2D eigenvalue weighted by Gasteiger charge is 2.31. The number of nitrogens with one attached hydrogen (secondary N) is 1. The number of benzene rings is 1. The Bertz CT molecular complexity index is 611. The summed E-state index contributed by atoms with van der Waals surface area (Å²) in [5, 5.41) is 0. The fraction of sp³-hybridized carbons (Fsp3) is 0.538. The molecular weight excluding hydrogens is 299 g/mol. The molecule has 1 atom stereocenters. The molecule has 0 aliphatic carbocycles. The van der Waals surface area contributed by atoms with Crippen molar-refractivity contribution in [3.8, 4) is 0 Å². The van der Waals surface area contributed by atoms with Crippen molar-refractivity contribution in [2.45, 2.75) is 36.3 Å². The van der Waals surface area contributed by atoms with E-state index in [4.69, 9.17) is 5.73 Å². The zero-order chi connectivity index (χ0) is 15.0. The summed E-state index contributed by atoms with van der Waals surface area (Å²) in [7, 11) is -3.87. The average Bonchev–Trinajstić information content (AvgIpc) is 2.79. The number of nitrogens with two attached hydrogens (primary N) is 1. The highest BCUT2D eigenvalue weighted by atomic mass is 32.2. The van der Waals surface area contributed by atoms with E-state index in [0.29, 0.717) is 12.1 Å². The van der Waals surface area contributed by atoms with Gasteiger partial charge in [-0.1, -0.05) is 0 Å². The van der Waals surface area contributed by atoms with Gasteiger partial charge in [0, 0.05) is 17.0 Å². The molecule has 0 bridgehead atoms. The number of aryl methyl sites for hydroxylation is 1. The van der Waals surface area contributed by atoms with E-state index in [-0.39, 0.29) is 15.3 Å². The van der Waals surface area contributed by atoms with Crippen LogP contribution in [0.4, 0.5) is 10.1 Å². The Kier molecular flexibility index (Phi) is 4.32. The summed E-state index contributed by atoms with van der Waals surface area (Å²) in [6, 6.07) is 2.33. The molecule has 0 amide bonds. The highest BCUT2D eigenvalue weighted by Crippen LogP contribution is 2.37. The van der Waals surface area contributed by atoms with Crippen molar-refractivity contribution in [3.63, 3.8) is 0 Å².